The van der Waals surface area contributed by atoms with Gasteiger partial charge in [0.25, 0.3) is 0 Å². The Morgan fingerprint density at radius 1 is 1.47 bits per heavy atom. The molecule has 0 N–H and O–H groups in total. The first-order valence-corrected chi connectivity index (χ1v) is 6.58. The van der Waals surface area contributed by atoms with Crippen molar-refractivity contribution in [1.29, 1.82) is 0 Å². The molecule has 0 saturated carbocycles. The summed E-state index contributed by atoms with van der Waals surface area (Å²) >= 11 is 5.92. The van der Waals surface area contributed by atoms with E-state index in [2.05, 4.69) is 6.92 Å². The van der Waals surface area contributed by atoms with Gasteiger partial charge in [-0.05, 0) is 43.9 Å². The van der Waals surface area contributed by atoms with Crippen molar-refractivity contribution in [1.82, 2.24) is 4.90 Å². The van der Waals surface area contributed by atoms with Crippen LogP contribution >= 0.6 is 11.6 Å². The summed E-state index contributed by atoms with van der Waals surface area (Å²) in [6.07, 6.45) is 3.96. The Hall–Kier alpha value is -1.02. The zero-order valence-corrected chi connectivity index (χ0v) is 10.9. The molecular weight excluding hydrogens is 234 g/mol. The Kier molecular flexibility index (Phi) is 4.06. The molecule has 1 aliphatic heterocycles. The second-order valence-electron chi connectivity index (χ2n) is 4.74. The van der Waals surface area contributed by atoms with E-state index in [1.807, 2.05) is 29.2 Å². The molecule has 0 aliphatic carbocycles. The number of nitrogens with zero attached hydrogens (tertiary/aromatic N) is 1. The minimum Gasteiger partial charge on any atom is -0.340 e. The number of halogens is 1. The molecule has 1 fully saturated rings. The average molecular weight is 252 g/mol. The molecule has 17 heavy (non-hydrogen) atoms. The fraction of sp³-hybridized carbons (Fsp3) is 0.500. The van der Waals surface area contributed by atoms with Gasteiger partial charge in [-0.15, -0.1) is 0 Å². The molecule has 1 saturated heterocycles. The first kappa shape index (κ1) is 12.4. The van der Waals surface area contributed by atoms with Crippen molar-refractivity contribution in [2.75, 3.05) is 6.54 Å². The van der Waals surface area contributed by atoms with E-state index >= 15 is 0 Å². The Morgan fingerprint density at radius 2 is 2.29 bits per heavy atom. The number of rotatable bonds is 2. The number of amides is 1. The van der Waals surface area contributed by atoms with Crippen molar-refractivity contribution < 1.29 is 4.79 Å². The van der Waals surface area contributed by atoms with Gasteiger partial charge in [-0.3, -0.25) is 4.79 Å². The highest BCUT2D eigenvalue weighted by atomic mass is 35.5. The average Bonchev–Trinajstić information content (AvgIpc) is 2.29. The fourth-order valence-corrected chi connectivity index (χ4v) is 2.60. The van der Waals surface area contributed by atoms with E-state index in [1.165, 1.54) is 6.42 Å². The summed E-state index contributed by atoms with van der Waals surface area (Å²) < 4.78 is 0. The van der Waals surface area contributed by atoms with Gasteiger partial charge >= 0.3 is 0 Å². The fourth-order valence-electron chi connectivity index (χ4n) is 2.39. The Labute approximate surface area is 108 Å². The second kappa shape index (κ2) is 5.54. The third-order valence-electron chi connectivity index (χ3n) is 3.37. The van der Waals surface area contributed by atoms with Gasteiger partial charge in [0.05, 0.1) is 6.42 Å². The highest BCUT2D eigenvalue weighted by Gasteiger charge is 2.22. The standard InChI is InChI=1S/C14H18ClNO/c1-11-5-2-3-8-16(11)14(17)10-12-6-4-7-13(15)9-12/h4,6-7,9,11H,2-3,5,8,10H2,1H3/t11-/m0/s1. The first-order chi connectivity index (χ1) is 8.16. The quantitative estimate of drug-likeness (QED) is 0.790. The van der Waals surface area contributed by atoms with Gasteiger partial charge in [0.2, 0.25) is 5.91 Å². The molecular formula is C14H18ClNO. The van der Waals surface area contributed by atoms with E-state index in [9.17, 15) is 4.79 Å². The molecule has 1 atom stereocenters. The summed E-state index contributed by atoms with van der Waals surface area (Å²) in [7, 11) is 0. The van der Waals surface area contributed by atoms with Crippen molar-refractivity contribution >= 4 is 17.5 Å². The maximum Gasteiger partial charge on any atom is 0.227 e. The second-order valence-corrected chi connectivity index (χ2v) is 5.18. The predicted molar refractivity (Wildman–Crippen MR) is 70.2 cm³/mol. The first-order valence-electron chi connectivity index (χ1n) is 6.21. The van der Waals surface area contributed by atoms with E-state index in [4.69, 9.17) is 11.6 Å². The molecule has 92 valence electrons. The van der Waals surface area contributed by atoms with Crippen LogP contribution in [-0.2, 0) is 11.2 Å². The Morgan fingerprint density at radius 3 is 3.00 bits per heavy atom. The van der Waals surface area contributed by atoms with Gasteiger partial charge in [0.1, 0.15) is 0 Å². The molecule has 0 radical (unpaired) electrons. The molecule has 0 aromatic heterocycles. The molecule has 0 bridgehead atoms. The Balaban J connectivity index is 2.01. The van der Waals surface area contributed by atoms with Gasteiger partial charge in [-0.2, -0.15) is 0 Å². The summed E-state index contributed by atoms with van der Waals surface area (Å²) in [5.74, 6) is 0.222. The molecule has 1 amide bonds. The van der Waals surface area contributed by atoms with Gasteiger partial charge in [-0.25, -0.2) is 0 Å². The SMILES string of the molecule is C[C@H]1CCCCN1C(=O)Cc1cccc(Cl)c1. The summed E-state index contributed by atoms with van der Waals surface area (Å²) in [6, 6.07) is 7.94. The summed E-state index contributed by atoms with van der Waals surface area (Å²) in [6.45, 7) is 3.04. The lowest BCUT2D eigenvalue weighted by molar-refractivity contribution is -0.133. The zero-order chi connectivity index (χ0) is 12.3. The molecule has 1 aromatic rings. The van der Waals surface area contributed by atoms with Crippen LogP contribution in [0.25, 0.3) is 0 Å². The number of hydrogen-bond acceptors (Lipinski definition) is 1. The summed E-state index contributed by atoms with van der Waals surface area (Å²) in [5, 5.41) is 0.696. The molecule has 1 aromatic carbocycles. The maximum absolute atomic E-state index is 12.2. The molecule has 2 nitrogen and oxygen atoms in total. The van der Waals surface area contributed by atoms with Crippen LogP contribution in [0.4, 0.5) is 0 Å². The van der Waals surface area contributed by atoms with Gasteiger partial charge < -0.3 is 4.90 Å². The minimum atomic E-state index is 0.222. The highest BCUT2D eigenvalue weighted by Crippen LogP contribution is 2.18. The highest BCUT2D eigenvalue weighted by molar-refractivity contribution is 6.30. The van der Waals surface area contributed by atoms with Crippen LogP contribution in [0.3, 0.4) is 0 Å². The summed E-state index contributed by atoms with van der Waals surface area (Å²) in [5.41, 5.74) is 1.00. The maximum atomic E-state index is 12.2. The predicted octanol–water partition coefficient (Wildman–Crippen LogP) is 3.28. The van der Waals surface area contributed by atoms with Crippen LogP contribution in [0, 0.1) is 0 Å². The molecule has 1 heterocycles. The molecule has 1 aliphatic rings. The van der Waals surface area contributed by atoms with Crippen molar-refractivity contribution in [3.63, 3.8) is 0 Å². The van der Waals surface area contributed by atoms with Gasteiger partial charge in [-0.1, -0.05) is 23.7 Å². The normalized spacial score (nSPS) is 20.4. The molecule has 0 unspecified atom stereocenters. The number of piperidine rings is 1. The topological polar surface area (TPSA) is 20.3 Å². The van der Waals surface area contributed by atoms with Crippen LogP contribution in [0.5, 0.6) is 0 Å². The lowest BCUT2D eigenvalue weighted by Crippen LogP contribution is -2.42. The van der Waals surface area contributed by atoms with Crippen molar-refractivity contribution in [2.24, 2.45) is 0 Å². The Bertz CT molecular complexity index is 405. The number of hydrogen-bond donors (Lipinski definition) is 0. The van der Waals surface area contributed by atoms with Crippen LogP contribution in [-0.4, -0.2) is 23.4 Å². The lowest BCUT2D eigenvalue weighted by atomic mass is 10.0. The molecule has 2 rings (SSSR count). The van der Waals surface area contributed by atoms with E-state index < -0.39 is 0 Å². The third-order valence-corrected chi connectivity index (χ3v) is 3.60. The van der Waals surface area contributed by atoms with Crippen molar-refractivity contribution in [3.05, 3.63) is 34.9 Å². The largest absolute Gasteiger partial charge is 0.340 e. The lowest BCUT2D eigenvalue weighted by Gasteiger charge is -2.33. The molecule has 0 spiro atoms. The number of benzene rings is 1. The van der Waals surface area contributed by atoms with E-state index in [0.717, 1.165) is 24.9 Å². The van der Waals surface area contributed by atoms with Crippen molar-refractivity contribution in [2.45, 2.75) is 38.6 Å². The van der Waals surface area contributed by atoms with Crippen LogP contribution in [0.15, 0.2) is 24.3 Å². The van der Waals surface area contributed by atoms with Gasteiger partial charge in [0.15, 0.2) is 0 Å². The van der Waals surface area contributed by atoms with Gasteiger partial charge in [0, 0.05) is 17.6 Å². The monoisotopic (exact) mass is 251 g/mol. The number of likely N-dealkylation sites (tertiary alicyclic amines) is 1. The van der Waals surface area contributed by atoms with Crippen LogP contribution in [0.2, 0.25) is 5.02 Å². The van der Waals surface area contributed by atoms with Crippen LogP contribution in [0.1, 0.15) is 31.7 Å². The smallest absolute Gasteiger partial charge is 0.227 e. The molecule has 3 heteroatoms. The number of carbonyl (C=O) groups excluding carboxylic acids is 1. The van der Waals surface area contributed by atoms with E-state index in [0.29, 0.717) is 17.5 Å². The number of carbonyl (C=O) groups is 1. The zero-order valence-electron chi connectivity index (χ0n) is 10.2. The van der Waals surface area contributed by atoms with Crippen molar-refractivity contribution in [3.8, 4) is 0 Å². The van der Waals surface area contributed by atoms with Crippen LogP contribution < -0.4 is 0 Å². The van der Waals surface area contributed by atoms with E-state index in [-0.39, 0.29) is 5.91 Å². The summed E-state index contributed by atoms with van der Waals surface area (Å²) in [4.78, 5) is 14.2. The van der Waals surface area contributed by atoms with E-state index in [1.54, 1.807) is 0 Å². The third kappa shape index (κ3) is 3.22. The minimum absolute atomic E-state index is 0.222.